The van der Waals surface area contributed by atoms with Crippen molar-refractivity contribution in [1.29, 1.82) is 0 Å². The Morgan fingerprint density at radius 3 is 2.62 bits per heavy atom. The van der Waals surface area contributed by atoms with Crippen LogP contribution in [0.1, 0.15) is 17.3 Å². The van der Waals surface area contributed by atoms with Crippen LogP contribution in [0, 0.1) is 0 Å². The first-order chi connectivity index (χ1) is 9.76. The van der Waals surface area contributed by atoms with E-state index in [0.29, 0.717) is 0 Å². The van der Waals surface area contributed by atoms with E-state index in [2.05, 4.69) is 5.32 Å². The van der Waals surface area contributed by atoms with E-state index in [4.69, 9.17) is 9.84 Å². The first-order valence-corrected chi connectivity index (χ1v) is 7.76. The fourth-order valence-electron chi connectivity index (χ4n) is 1.69. The molecule has 0 radical (unpaired) electrons. The average Bonchev–Trinajstić information content (AvgIpc) is 2.38. The Balaban J connectivity index is 2.84. The Hall–Kier alpha value is -1.93. The van der Waals surface area contributed by atoms with Gasteiger partial charge in [0.15, 0.2) is 9.84 Å². The van der Waals surface area contributed by atoms with Gasteiger partial charge in [-0.1, -0.05) is 6.07 Å². The molecule has 1 atom stereocenters. The van der Waals surface area contributed by atoms with Gasteiger partial charge in [0.05, 0.1) is 17.1 Å². The number of methoxy groups -OCH3 is 1. The number of hydrogen-bond donors (Lipinski definition) is 2. The van der Waals surface area contributed by atoms with Gasteiger partial charge in [-0.25, -0.2) is 13.2 Å². The summed E-state index contributed by atoms with van der Waals surface area (Å²) in [5.74, 6) is -2.64. The maximum absolute atomic E-state index is 12.1. The molecule has 2 N–H and O–H groups in total. The summed E-state index contributed by atoms with van der Waals surface area (Å²) in [4.78, 5) is 22.3. The van der Waals surface area contributed by atoms with Crippen molar-refractivity contribution in [3.05, 3.63) is 29.8 Å². The van der Waals surface area contributed by atoms with E-state index in [1.165, 1.54) is 25.3 Å². The zero-order valence-electron chi connectivity index (χ0n) is 11.7. The van der Waals surface area contributed by atoms with Gasteiger partial charge in [-0.15, -0.1) is 0 Å². The Morgan fingerprint density at radius 1 is 1.38 bits per heavy atom. The molecule has 0 spiro atoms. The molecule has 7 nitrogen and oxygen atoms in total. The Kier molecular flexibility index (Phi) is 5.86. The Labute approximate surface area is 122 Å². The van der Waals surface area contributed by atoms with Gasteiger partial charge in [0.1, 0.15) is 5.75 Å². The highest BCUT2D eigenvalue weighted by atomic mass is 32.2. The van der Waals surface area contributed by atoms with Crippen molar-refractivity contribution in [2.24, 2.45) is 0 Å². The molecular weight excluding hydrogens is 298 g/mol. The van der Waals surface area contributed by atoms with Crippen LogP contribution in [0.5, 0.6) is 0 Å². The second-order valence-electron chi connectivity index (χ2n) is 4.52. The van der Waals surface area contributed by atoms with Gasteiger partial charge < -0.3 is 15.2 Å². The number of amides is 1. The summed E-state index contributed by atoms with van der Waals surface area (Å²) in [6.07, 6.45) is 0. The average molecular weight is 315 g/mol. The predicted molar refractivity (Wildman–Crippen MR) is 74.9 cm³/mol. The first kappa shape index (κ1) is 17.1. The van der Waals surface area contributed by atoms with E-state index in [1.807, 2.05) is 0 Å². The SMILES string of the molecule is COCC(C)NC(=O)CS(=O)(=O)c1cccc(C(=O)O)c1. The van der Waals surface area contributed by atoms with E-state index in [0.717, 1.165) is 6.07 Å². The van der Waals surface area contributed by atoms with Crippen molar-refractivity contribution in [3.63, 3.8) is 0 Å². The Bertz CT molecular complexity index is 625. The summed E-state index contributed by atoms with van der Waals surface area (Å²) in [7, 11) is -2.42. The molecule has 21 heavy (non-hydrogen) atoms. The zero-order chi connectivity index (χ0) is 16.0. The lowest BCUT2D eigenvalue weighted by Crippen LogP contribution is -2.39. The molecule has 1 aromatic rings. The number of carboxylic acid groups (broad SMARTS) is 1. The van der Waals surface area contributed by atoms with Crippen molar-refractivity contribution >= 4 is 21.7 Å². The molecular formula is C13H17NO6S. The zero-order valence-corrected chi connectivity index (χ0v) is 12.5. The summed E-state index contributed by atoms with van der Waals surface area (Å²) >= 11 is 0. The molecule has 1 rings (SSSR count). The maximum Gasteiger partial charge on any atom is 0.335 e. The van der Waals surface area contributed by atoms with Crippen LogP contribution in [0.4, 0.5) is 0 Å². The fourth-order valence-corrected chi connectivity index (χ4v) is 2.87. The third-order valence-corrected chi connectivity index (χ3v) is 4.20. The third kappa shape index (κ3) is 5.16. The number of carbonyl (C=O) groups is 2. The summed E-state index contributed by atoms with van der Waals surface area (Å²) in [5.41, 5.74) is -0.149. The summed E-state index contributed by atoms with van der Waals surface area (Å²) in [6, 6.07) is 4.57. The molecule has 1 aromatic carbocycles. The highest BCUT2D eigenvalue weighted by Crippen LogP contribution is 2.13. The summed E-state index contributed by atoms with van der Waals surface area (Å²) in [6.45, 7) is 1.94. The fraction of sp³-hybridized carbons (Fsp3) is 0.385. The van der Waals surface area contributed by atoms with E-state index < -0.39 is 27.5 Å². The van der Waals surface area contributed by atoms with Crippen LogP contribution in [0.3, 0.4) is 0 Å². The van der Waals surface area contributed by atoms with Gasteiger partial charge in [-0.2, -0.15) is 0 Å². The monoisotopic (exact) mass is 315 g/mol. The molecule has 1 amide bonds. The molecule has 0 aromatic heterocycles. The molecule has 0 aliphatic rings. The number of carboxylic acids is 1. The van der Waals surface area contributed by atoms with Gasteiger partial charge in [0, 0.05) is 13.2 Å². The number of sulfone groups is 1. The highest BCUT2D eigenvalue weighted by Gasteiger charge is 2.21. The number of benzene rings is 1. The maximum atomic E-state index is 12.1. The van der Waals surface area contributed by atoms with E-state index in [9.17, 15) is 18.0 Å². The standard InChI is InChI=1S/C13H17NO6S/c1-9(7-20-2)14-12(15)8-21(18,19)11-5-3-4-10(6-11)13(16)17/h3-6,9H,7-8H2,1-2H3,(H,14,15)(H,16,17). The Morgan fingerprint density at radius 2 is 2.05 bits per heavy atom. The van der Waals surface area contributed by atoms with Crippen molar-refractivity contribution in [2.45, 2.75) is 17.9 Å². The third-order valence-electron chi connectivity index (χ3n) is 2.59. The van der Waals surface area contributed by atoms with E-state index in [1.54, 1.807) is 6.92 Å². The molecule has 0 saturated carbocycles. The minimum Gasteiger partial charge on any atom is -0.478 e. The summed E-state index contributed by atoms with van der Waals surface area (Å²) < 4.78 is 29.0. The van der Waals surface area contributed by atoms with Gasteiger partial charge in [-0.3, -0.25) is 4.79 Å². The number of nitrogens with one attached hydrogen (secondary N) is 1. The molecule has 116 valence electrons. The molecule has 0 aliphatic carbocycles. The van der Waals surface area contributed by atoms with Crippen molar-refractivity contribution in [2.75, 3.05) is 19.5 Å². The minimum absolute atomic E-state index is 0.149. The number of rotatable bonds is 7. The van der Waals surface area contributed by atoms with Crippen LogP contribution in [-0.2, 0) is 19.4 Å². The van der Waals surface area contributed by atoms with Gasteiger partial charge in [0.2, 0.25) is 5.91 Å². The lowest BCUT2D eigenvalue weighted by molar-refractivity contribution is -0.119. The van der Waals surface area contributed by atoms with Crippen molar-refractivity contribution in [3.8, 4) is 0 Å². The van der Waals surface area contributed by atoms with Crippen LogP contribution in [-0.4, -0.2) is 50.9 Å². The van der Waals surface area contributed by atoms with Crippen LogP contribution in [0.25, 0.3) is 0 Å². The van der Waals surface area contributed by atoms with Crippen LogP contribution in [0.2, 0.25) is 0 Å². The smallest absolute Gasteiger partial charge is 0.335 e. The van der Waals surface area contributed by atoms with Gasteiger partial charge in [0.25, 0.3) is 0 Å². The van der Waals surface area contributed by atoms with Crippen LogP contribution < -0.4 is 5.32 Å². The lowest BCUT2D eigenvalue weighted by Gasteiger charge is -2.12. The quantitative estimate of drug-likeness (QED) is 0.749. The van der Waals surface area contributed by atoms with Gasteiger partial charge in [-0.05, 0) is 25.1 Å². The topological polar surface area (TPSA) is 110 Å². The predicted octanol–water partition coefficient (Wildman–Crippen LogP) is 0.310. The number of ether oxygens (including phenoxy) is 1. The molecule has 8 heteroatoms. The molecule has 0 bridgehead atoms. The van der Waals surface area contributed by atoms with Crippen molar-refractivity contribution in [1.82, 2.24) is 5.32 Å². The molecule has 0 fully saturated rings. The molecule has 0 aliphatic heterocycles. The van der Waals surface area contributed by atoms with E-state index >= 15 is 0 Å². The lowest BCUT2D eigenvalue weighted by atomic mass is 10.2. The first-order valence-electron chi connectivity index (χ1n) is 6.10. The molecule has 1 unspecified atom stereocenters. The van der Waals surface area contributed by atoms with Crippen LogP contribution >= 0.6 is 0 Å². The number of carbonyl (C=O) groups excluding carboxylic acids is 1. The number of aromatic carboxylic acids is 1. The molecule has 0 saturated heterocycles. The largest absolute Gasteiger partial charge is 0.478 e. The second kappa shape index (κ2) is 7.19. The highest BCUT2D eigenvalue weighted by molar-refractivity contribution is 7.92. The minimum atomic E-state index is -3.89. The molecule has 0 heterocycles. The second-order valence-corrected chi connectivity index (χ2v) is 6.51. The van der Waals surface area contributed by atoms with E-state index in [-0.39, 0.29) is 23.1 Å². The van der Waals surface area contributed by atoms with Crippen molar-refractivity contribution < 1.29 is 27.9 Å². The number of hydrogen-bond acceptors (Lipinski definition) is 5. The van der Waals surface area contributed by atoms with Crippen LogP contribution in [0.15, 0.2) is 29.2 Å². The summed E-state index contributed by atoms with van der Waals surface area (Å²) in [5, 5.41) is 11.3. The normalized spacial score (nSPS) is 12.7. The van der Waals surface area contributed by atoms with Gasteiger partial charge >= 0.3 is 5.97 Å².